The van der Waals surface area contributed by atoms with Crippen molar-refractivity contribution in [3.05, 3.63) is 12.2 Å². The van der Waals surface area contributed by atoms with Crippen LogP contribution in [0.25, 0.3) is 0 Å². The van der Waals surface area contributed by atoms with Gasteiger partial charge in [0.25, 0.3) is 0 Å². The molecule has 0 bridgehead atoms. The Kier molecular flexibility index (Phi) is 46.1. The second kappa shape index (κ2) is 47.3. The van der Waals surface area contributed by atoms with Crippen LogP contribution in [0.4, 0.5) is 0 Å². The zero-order valence-electron chi connectivity index (χ0n) is 38.3. The van der Waals surface area contributed by atoms with Crippen molar-refractivity contribution in [3.63, 3.8) is 0 Å². The Labute approximate surface area is 355 Å². The van der Waals surface area contributed by atoms with Gasteiger partial charge in [-0.05, 0) is 32.1 Å². The van der Waals surface area contributed by atoms with Crippen molar-refractivity contribution in [3.8, 4) is 0 Å². The fourth-order valence-electron chi connectivity index (χ4n) is 7.87. The predicted molar refractivity (Wildman–Crippen MR) is 246 cm³/mol. The largest absolute Gasteiger partial charge is 0.466 e. The maximum absolute atomic E-state index is 12.4. The predicted octanol–water partition coefficient (Wildman–Crippen LogP) is 15.0. The van der Waals surface area contributed by atoms with E-state index in [9.17, 15) is 19.8 Å². The molecule has 0 spiro atoms. The van der Waals surface area contributed by atoms with Crippen LogP contribution in [0.2, 0.25) is 0 Å². The molecule has 6 nitrogen and oxygen atoms in total. The summed E-state index contributed by atoms with van der Waals surface area (Å²) in [6.07, 6.45) is 53.4. The number of hydrogen-bond donors (Lipinski definition) is 3. The van der Waals surface area contributed by atoms with Crippen LogP contribution >= 0.6 is 0 Å². The first-order valence-corrected chi connectivity index (χ1v) is 25.5. The van der Waals surface area contributed by atoms with E-state index in [-0.39, 0.29) is 18.5 Å². The third-order valence-corrected chi connectivity index (χ3v) is 11.8. The van der Waals surface area contributed by atoms with Crippen molar-refractivity contribution in [2.24, 2.45) is 0 Å². The number of allylic oxidation sites excluding steroid dienone is 1. The average molecular weight is 806 g/mol. The van der Waals surface area contributed by atoms with Gasteiger partial charge in [-0.25, -0.2) is 0 Å². The molecule has 0 rings (SSSR count). The van der Waals surface area contributed by atoms with Gasteiger partial charge in [-0.1, -0.05) is 244 Å². The highest BCUT2D eigenvalue weighted by Crippen LogP contribution is 2.16. The van der Waals surface area contributed by atoms with Crippen LogP contribution in [0.15, 0.2) is 12.2 Å². The maximum atomic E-state index is 12.4. The number of esters is 1. The first-order valence-electron chi connectivity index (χ1n) is 25.5. The molecule has 338 valence electrons. The summed E-state index contributed by atoms with van der Waals surface area (Å²) < 4.78 is 5.44. The lowest BCUT2D eigenvalue weighted by Gasteiger charge is -2.20. The number of aliphatic hydroxyl groups is 2. The fraction of sp³-hybridized carbons (Fsp3) is 0.922. The molecule has 0 radical (unpaired) electrons. The number of unbranched alkanes of at least 4 members (excludes halogenated alkanes) is 36. The first kappa shape index (κ1) is 55.6. The van der Waals surface area contributed by atoms with Gasteiger partial charge < -0.3 is 20.3 Å². The van der Waals surface area contributed by atoms with Gasteiger partial charge in [-0.15, -0.1) is 0 Å². The molecule has 0 saturated carbocycles. The molecule has 2 unspecified atom stereocenters. The maximum Gasteiger partial charge on any atom is 0.305 e. The number of ether oxygens (including phenoxy) is 1. The smallest absolute Gasteiger partial charge is 0.305 e. The summed E-state index contributed by atoms with van der Waals surface area (Å²) in [4.78, 5) is 24.4. The number of amides is 1. The Bertz CT molecular complexity index is 847. The highest BCUT2D eigenvalue weighted by Gasteiger charge is 2.18. The topological polar surface area (TPSA) is 95.9 Å². The van der Waals surface area contributed by atoms with Crippen LogP contribution in [0.5, 0.6) is 0 Å². The van der Waals surface area contributed by atoms with E-state index in [1.165, 1.54) is 193 Å². The molecule has 0 aliphatic rings. The molecule has 6 heteroatoms. The van der Waals surface area contributed by atoms with Crippen molar-refractivity contribution in [2.45, 2.75) is 289 Å². The molecule has 3 N–H and O–H groups in total. The molecule has 0 heterocycles. The minimum absolute atomic E-state index is 0.0145. The van der Waals surface area contributed by atoms with Crippen molar-refractivity contribution >= 4 is 11.9 Å². The molecule has 0 aromatic carbocycles. The van der Waals surface area contributed by atoms with E-state index in [4.69, 9.17) is 4.74 Å². The number of nitrogens with one attached hydrogen (secondary N) is 1. The molecule has 2 atom stereocenters. The number of aliphatic hydroxyl groups excluding tert-OH is 2. The van der Waals surface area contributed by atoms with E-state index in [0.29, 0.717) is 19.4 Å². The Morgan fingerprint density at radius 2 is 0.807 bits per heavy atom. The van der Waals surface area contributed by atoms with Crippen molar-refractivity contribution in [2.75, 3.05) is 13.2 Å². The highest BCUT2D eigenvalue weighted by molar-refractivity contribution is 5.76. The van der Waals surface area contributed by atoms with Crippen molar-refractivity contribution < 1.29 is 24.5 Å². The van der Waals surface area contributed by atoms with E-state index in [1.54, 1.807) is 6.08 Å². The van der Waals surface area contributed by atoms with Gasteiger partial charge in [0.05, 0.1) is 25.4 Å². The lowest BCUT2D eigenvalue weighted by Crippen LogP contribution is -2.45. The highest BCUT2D eigenvalue weighted by atomic mass is 16.5. The summed E-state index contributed by atoms with van der Waals surface area (Å²) in [7, 11) is 0. The average Bonchev–Trinajstić information content (AvgIpc) is 3.21. The molecule has 0 aromatic rings. The Balaban J connectivity index is 3.51. The summed E-state index contributed by atoms with van der Waals surface area (Å²) in [5.74, 6) is -0.0995. The molecule has 57 heavy (non-hydrogen) atoms. The molecule has 0 aliphatic heterocycles. The molecule has 0 aromatic heterocycles. The van der Waals surface area contributed by atoms with E-state index in [2.05, 4.69) is 19.2 Å². The van der Waals surface area contributed by atoms with E-state index < -0.39 is 12.1 Å². The third-order valence-electron chi connectivity index (χ3n) is 11.8. The fourth-order valence-corrected chi connectivity index (χ4v) is 7.87. The summed E-state index contributed by atoms with van der Waals surface area (Å²) in [6.45, 7) is 4.87. The van der Waals surface area contributed by atoms with Crippen LogP contribution in [0.3, 0.4) is 0 Å². The molecule has 1 amide bonds. The summed E-state index contributed by atoms with van der Waals surface area (Å²) in [5, 5.41) is 23.1. The van der Waals surface area contributed by atoms with Gasteiger partial charge in [0.2, 0.25) is 5.91 Å². The van der Waals surface area contributed by atoms with Gasteiger partial charge in [0.15, 0.2) is 0 Å². The first-order chi connectivity index (χ1) is 28.0. The number of carbonyl (C=O) groups is 2. The van der Waals surface area contributed by atoms with Gasteiger partial charge in [-0.3, -0.25) is 9.59 Å². The molecular weight excluding hydrogens is 707 g/mol. The second-order valence-corrected chi connectivity index (χ2v) is 17.5. The summed E-state index contributed by atoms with van der Waals surface area (Å²) in [5.41, 5.74) is 0. The molecular formula is C51H99NO5. The Morgan fingerprint density at radius 1 is 0.474 bits per heavy atom. The SMILES string of the molecule is CCCCCCCCCCCCCCCCC/C=C/C(O)C(CO)NC(=O)CCCCCCCCCCCCCOC(=O)CCCCCCCCCCCCCC. The van der Waals surface area contributed by atoms with Crippen LogP contribution in [-0.2, 0) is 14.3 Å². The van der Waals surface area contributed by atoms with Crippen LogP contribution in [0.1, 0.15) is 277 Å². The Hall–Kier alpha value is -1.40. The number of rotatable bonds is 47. The minimum atomic E-state index is -0.855. The third kappa shape index (κ3) is 44.0. The van der Waals surface area contributed by atoms with Crippen molar-refractivity contribution in [1.29, 1.82) is 0 Å². The Morgan fingerprint density at radius 3 is 1.19 bits per heavy atom. The van der Waals surface area contributed by atoms with Crippen molar-refractivity contribution in [1.82, 2.24) is 5.32 Å². The minimum Gasteiger partial charge on any atom is -0.466 e. The van der Waals surface area contributed by atoms with E-state index in [0.717, 1.165) is 57.8 Å². The quantitative estimate of drug-likeness (QED) is 0.0323. The standard InChI is InChI=1S/C51H99NO5/c1-3-5-7-9-11-13-15-17-18-19-20-21-23-27-31-35-39-43-49(54)48(47-53)52-50(55)44-40-36-32-28-24-22-26-30-34-38-42-46-57-51(56)45-41-37-33-29-25-16-14-12-10-8-6-4-2/h39,43,48-49,53-54H,3-38,40-42,44-47H2,1-2H3,(H,52,55)/b43-39+. The summed E-state index contributed by atoms with van der Waals surface area (Å²) >= 11 is 0. The summed E-state index contributed by atoms with van der Waals surface area (Å²) in [6, 6.07) is -0.640. The van der Waals surface area contributed by atoms with Crippen LogP contribution < -0.4 is 5.32 Å². The monoisotopic (exact) mass is 806 g/mol. The lowest BCUT2D eigenvalue weighted by atomic mass is 10.0. The van der Waals surface area contributed by atoms with E-state index in [1.807, 2.05) is 6.08 Å². The second-order valence-electron chi connectivity index (χ2n) is 17.5. The van der Waals surface area contributed by atoms with Gasteiger partial charge in [-0.2, -0.15) is 0 Å². The molecule has 0 fully saturated rings. The van der Waals surface area contributed by atoms with Gasteiger partial charge >= 0.3 is 5.97 Å². The van der Waals surface area contributed by atoms with Crippen LogP contribution in [-0.4, -0.2) is 47.4 Å². The van der Waals surface area contributed by atoms with E-state index >= 15 is 0 Å². The molecule has 0 saturated heterocycles. The zero-order chi connectivity index (χ0) is 41.5. The normalized spacial score (nSPS) is 12.7. The molecule has 0 aliphatic carbocycles. The lowest BCUT2D eigenvalue weighted by molar-refractivity contribution is -0.143. The van der Waals surface area contributed by atoms with Gasteiger partial charge in [0.1, 0.15) is 0 Å². The van der Waals surface area contributed by atoms with Crippen LogP contribution in [0, 0.1) is 0 Å². The zero-order valence-corrected chi connectivity index (χ0v) is 38.3. The number of carbonyl (C=O) groups excluding carboxylic acids is 2. The number of hydrogen-bond acceptors (Lipinski definition) is 5. The van der Waals surface area contributed by atoms with Gasteiger partial charge in [0, 0.05) is 12.8 Å².